The summed E-state index contributed by atoms with van der Waals surface area (Å²) in [6.45, 7) is 2.69. The maximum atomic E-state index is 13.5. The van der Waals surface area contributed by atoms with E-state index in [9.17, 15) is 18.0 Å². The Labute approximate surface area is 182 Å². The standard InChI is InChI=1S/C22H21F3N6O/c1-14-4-2-3-5-17(14)28-21(32)27-16-8-11-31(13-16)19-12-18(22(23,24)25)29-20(30-19)15-6-9-26-10-7-15/h2-7,9-10,12,16H,8,11,13H2,1H3,(H2,27,28,32). The van der Waals surface area contributed by atoms with E-state index >= 15 is 0 Å². The lowest BCUT2D eigenvalue weighted by Crippen LogP contribution is -2.40. The maximum absolute atomic E-state index is 13.5. The minimum Gasteiger partial charge on any atom is -0.354 e. The molecule has 0 aliphatic carbocycles. The number of para-hydroxylation sites is 1. The average Bonchev–Trinajstić information content (AvgIpc) is 3.23. The second kappa shape index (κ2) is 8.81. The molecule has 4 rings (SSSR count). The van der Waals surface area contributed by atoms with E-state index in [1.165, 1.54) is 12.4 Å². The molecule has 1 aliphatic rings. The largest absolute Gasteiger partial charge is 0.433 e. The summed E-state index contributed by atoms with van der Waals surface area (Å²) in [6.07, 6.45) is -1.08. The number of nitrogens with zero attached hydrogens (tertiary/aromatic N) is 4. The number of rotatable bonds is 4. The van der Waals surface area contributed by atoms with Crippen molar-refractivity contribution in [2.24, 2.45) is 0 Å². The zero-order valence-electron chi connectivity index (χ0n) is 17.2. The van der Waals surface area contributed by atoms with Crippen molar-refractivity contribution in [2.75, 3.05) is 23.3 Å². The number of alkyl halides is 3. The number of hydrogen-bond donors (Lipinski definition) is 2. The van der Waals surface area contributed by atoms with Crippen LogP contribution >= 0.6 is 0 Å². The number of halogens is 3. The van der Waals surface area contributed by atoms with Crippen molar-refractivity contribution in [3.63, 3.8) is 0 Å². The van der Waals surface area contributed by atoms with E-state index in [1.807, 2.05) is 25.1 Å². The van der Waals surface area contributed by atoms with Crippen molar-refractivity contribution < 1.29 is 18.0 Å². The van der Waals surface area contributed by atoms with Gasteiger partial charge in [-0.3, -0.25) is 4.98 Å². The summed E-state index contributed by atoms with van der Waals surface area (Å²) in [7, 11) is 0. The summed E-state index contributed by atoms with van der Waals surface area (Å²) >= 11 is 0. The molecule has 1 saturated heterocycles. The summed E-state index contributed by atoms with van der Waals surface area (Å²) in [5, 5.41) is 5.68. The Hall–Kier alpha value is -3.69. The van der Waals surface area contributed by atoms with Gasteiger partial charge in [-0.1, -0.05) is 18.2 Å². The summed E-state index contributed by atoms with van der Waals surface area (Å²) in [4.78, 5) is 26.0. The lowest BCUT2D eigenvalue weighted by atomic mass is 10.2. The van der Waals surface area contributed by atoms with Gasteiger partial charge in [-0.05, 0) is 37.1 Å². The van der Waals surface area contributed by atoms with E-state index in [0.29, 0.717) is 30.8 Å². The highest BCUT2D eigenvalue weighted by Crippen LogP contribution is 2.32. The highest BCUT2D eigenvalue weighted by atomic mass is 19.4. The number of benzene rings is 1. The number of carbonyl (C=O) groups is 1. The van der Waals surface area contributed by atoms with Gasteiger partial charge in [0.2, 0.25) is 0 Å². The molecule has 3 aromatic rings. The van der Waals surface area contributed by atoms with Crippen molar-refractivity contribution in [3.05, 3.63) is 66.1 Å². The van der Waals surface area contributed by atoms with Crippen LogP contribution in [0.2, 0.25) is 0 Å². The zero-order valence-corrected chi connectivity index (χ0v) is 17.2. The fourth-order valence-corrected chi connectivity index (χ4v) is 3.51. The van der Waals surface area contributed by atoms with E-state index < -0.39 is 11.9 Å². The fourth-order valence-electron chi connectivity index (χ4n) is 3.51. The Bertz CT molecular complexity index is 1110. The van der Waals surface area contributed by atoms with Crippen LogP contribution in [0.3, 0.4) is 0 Å². The molecule has 1 aliphatic heterocycles. The van der Waals surface area contributed by atoms with E-state index in [-0.39, 0.29) is 23.7 Å². The Kier molecular flexibility index (Phi) is 5.93. The van der Waals surface area contributed by atoms with Crippen LogP contribution in [0.15, 0.2) is 54.9 Å². The van der Waals surface area contributed by atoms with Gasteiger partial charge in [0.15, 0.2) is 11.5 Å². The highest BCUT2D eigenvalue weighted by molar-refractivity contribution is 5.90. The second-order valence-corrected chi connectivity index (χ2v) is 7.51. The average molecular weight is 442 g/mol. The summed E-state index contributed by atoms with van der Waals surface area (Å²) in [5.74, 6) is 0.147. The minimum atomic E-state index is -4.61. The molecule has 32 heavy (non-hydrogen) atoms. The van der Waals surface area contributed by atoms with Crippen LogP contribution in [-0.2, 0) is 6.18 Å². The first-order valence-corrected chi connectivity index (χ1v) is 10.0. The quantitative estimate of drug-likeness (QED) is 0.631. The predicted octanol–water partition coefficient (Wildman–Crippen LogP) is 4.27. The Morgan fingerprint density at radius 3 is 2.59 bits per heavy atom. The molecule has 2 aromatic heterocycles. The van der Waals surface area contributed by atoms with E-state index in [0.717, 1.165) is 11.6 Å². The van der Waals surface area contributed by atoms with Gasteiger partial charge in [-0.2, -0.15) is 13.2 Å². The molecule has 1 fully saturated rings. The number of hydrogen-bond acceptors (Lipinski definition) is 5. The molecule has 166 valence electrons. The van der Waals surface area contributed by atoms with Crippen molar-refractivity contribution in [2.45, 2.75) is 25.6 Å². The molecule has 0 radical (unpaired) electrons. The number of aromatic nitrogens is 3. The Morgan fingerprint density at radius 1 is 1.12 bits per heavy atom. The number of nitrogens with one attached hydrogen (secondary N) is 2. The Balaban J connectivity index is 1.49. The van der Waals surface area contributed by atoms with Crippen molar-refractivity contribution >= 4 is 17.5 Å². The molecule has 2 N–H and O–H groups in total. The lowest BCUT2D eigenvalue weighted by molar-refractivity contribution is -0.141. The molecular weight excluding hydrogens is 421 g/mol. The van der Waals surface area contributed by atoms with E-state index in [2.05, 4.69) is 25.6 Å². The molecule has 3 heterocycles. The van der Waals surface area contributed by atoms with Gasteiger partial charge >= 0.3 is 12.2 Å². The minimum absolute atomic E-state index is 0.0223. The number of carbonyl (C=O) groups excluding carboxylic acids is 1. The smallest absolute Gasteiger partial charge is 0.354 e. The van der Waals surface area contributed by atoms with Crippen LogP contribution in [0.25, 0.3) is 11.4 Å². The van der Waals surface area contributed by atoms with Crippen LogP contribution in [0, 0.1) is 6.92 Å². The number of amides is 2. The third-order valence-corrected chi connectivity index (χ3v) is 5.18. The van der Waals surface area contributed by atoms with Gasteiger partial charge in [0.1, 0.15) is 5.82 Å². The van der Waals surface area contributed by atoms with Crippen LogP contribution in [-0.4, -0.2) is 40.1 Å². The number of pyridine rings is 1. The Morgan fingerprint density at radius 2 is 1.88 bits per heavy atom. The predicted molar refractivity (Wildman–Crippen MR) is 114 cm³/mol. The number of anilines is 2. The summed E-state index contributed by atoms with van der Waals surface area (Å²) < 4.78 is 40.4. The van der Waals surface area contributed by atoms with Gasteiger partial charge in [-0.15, -0.1) is 0 Å². The van der Waals surface area contributed by atoms with Gasteiger partial charge in [0, 0.05) is 48.8 Å². The third kappa shape index (κ3) is 4.96. The zero-order chi connectivity index (χ0) is 22.7. The molecule has 1 unspecified atom stereocenters. The first-order chi connectivity index (χ1) is 15.3. The first kappa shape index (κ1) is 21.5. The maximum Gasteiger partial charge on any atom is 0.433 e. The highest BCUT2D eigenvalue weighted by Gasteiger charge is 2.35. The first-order valence-electron chi connectivity index (χ1n) is 10.0. The molecule has 0 bridgehead atoms. The molecule has 1 aromatic carbocycles. The monoisotopic (exact) mass is 442 g/mol. The fraction of sp³-hybridized carbons (Fsp3) is 0.273. The van der Waals surface area contributed by atoms with Crippen molar-refractivity contribution in [1.29, 1.82) is 0 Å². The van der Waals surface area contributed by atoms with Gasteiger partial charge in [-0.25, -0.2) is 14.8 Å². The van der Waals surface area contributed by atoms with Crippen LogP contribution in [0.5, 0.6) is 0 Å². The summed E-state index contributed by atoms with van der Waals surface area (Å²) in [6, 6.07) is 10.9. The van der Waals surface area contributed by atoms with Gasteiger partial charge in [0.05, 0.1) is 0 Å². The van der Waals surface area contributed by atoms with Crippen LogP contribution in [0.4, 0.5) is 29.5 Å². The third-order valence-electron chi connectivity index (χ3n) is 5.18. The molecule has 1 atom stereocenters. The van der Waals surface area contributed by atoms with E-state index in [4.69, 9.17) is 0 Å². The summed E-state index contributed by atoms with van der Waals surface area (Å²) in [5.41, 5.74) is 1.06. The van der Waals surface area contributed by atoms with Gasteiger partial charge < -0.3 is 15.5 Å². The second-order valence-electron chi connectivity index (χ2n) is 7.51. The van der Waals surface area contributed by atoms with Crippen molar-refractivity contribution in [1.82, 2.24) is 20.3 Å². The van der Waals surface area contributed by atoms with Crippen molar-refractivity contribution in [3.8, 4) is 11.4 Å². The topological polar surface area (TPSA) is 83.0 Å². The number of aryl methyl sites for hydroxylation is 1. The van der Waals surface area contributed by atoms with Crippen LogP contribution in [0.1, 0.15) is 17.7 Å². The molecule has 0 spiro atoms. The molecule has 10 heteroatoms. The lowest BCUT2D eigenvalue weighted by Gasteiger charge is -2.20. The SMILES string of the molecule is Cc1ccccc1NC(=O)NC1CCN(c2cc(C(F)(F)F)nc(-c3ccncc3)n2)C1. The normalized spacial score (nSPS) is 16.1. The van der Waals surface area contributed by atoms with Gasteiger partial charge in [0.25, 0.3) is 0 Å². The molecule has 0 saturated carbocycles. The molecular formula is C22H21F3N6O. The van der Waals surface area contributed by atoms with E-state index in [1.54, 1.807) is 23.1 Å². The molecule has 7 nitrogen and oxygen atoms in total. The van der Waals surface area contributed by atoms with Crippen LogP contribution < -0.4 is 15.5 Å². The number of urea groups is 1. The molecule has 2 amide bonds.